The smallest absolute Gasteiger partial charge is 0.0541 e. The summed E-state index contributed by atoms with van der Waals surface area (Å²) in [5.41, 5.74) is 41.9. The van der Waals surface area contributed by atoms with E-state index in [0.29, 0.717) is 0 Å². The van der Waals surface area contributed by atoms with Gasteiger partial charge >= 0.3 is 0 Å². The molecule has 27 aromatic rings. The molecular weight excluding hydrogens is 1710 g/mol. The number of hydrogen-bond donors (Lipinski definition) is 0. The predicted octanol–water partition coefficient (Wildman–Crippen LogP) is 37.7. The second-order valence-corrected chi connectivity index (χ2v) is 37.4. The number of hydrogen-bond acceptors (Lipinski definition) is 0. The first-order valence-electron chi connectivity index (χ1n) is 49.1. The normalized spacial score (nSPS) is 11.4. The zero-order chi connectivity index (χ0) is 95.1. The lowest BCUT2D eigenvalue weighted by Gasteiger charge is -2.15. The lowest BCUT2D eigenvalue weighted by molar-refractivity contribution is 1.17. The van der Waals surface area contributed by atoms with Gasteiger partial charge in [0.2, 0.25) is 0 Å². The maximum absolute atomic E-state index is 2.41. The van der Waals surface area contributed by atoms with Crippen molar-refractivity contribution in [2.24, 2.45) is 0 Å². The maximum Gasteiger partial charge on any atom is 0.0541 e. The Balaban J connectivity index is 0.000000103. The monoisotopic (exact) mass is 1810 g/mol. The average Bonchev–Trinajstić information content (AvgIpc) is 0.902. The summed E-state index contributed by atoms with van der Waals surface area (Å²) < 4.78 is 9.50. The third kappa shape index (κ3) is 16.7. The summed E-state index contributed by atoms with van der Waals surface area (Å²) in [6.07, 6.45) is 0. The molecule has 4 heterocycles. The Labute approximate surface area is 827 Å². The molecule has 4 aromatic heterocycles. The first-order chi connectivity index (χ1) is 70.0. The van der Waals surface area contributed by atoms with Crippen LogP contribution in [-0.4, -0.2) is 18.3 Å². The van der Waals surface area contributed by atoms with Crippen LogP contribution in [0.5, 0.6) is 0 Å². The Morgan fingerprint density at radius 1 is 0.113 bits per heavy atom. The van der Waals surface area contributed by atoms with Crippen molar-refractivity contribution in [2.45, 2.75) is 27.7 Å². The third-order valence-electron chi connectivity index (χ3n) is 28.1. The molecular formula is C138H100N4. The third-order valence-corrected chi connectivity index (χ3v) is 28.1. The molecule has 4 nitrogen and oxygen atoms in total. The average molecular weight is 1810 g/mol. The van der Waals surface area contributed by atoms with Gasteiger partial charge in [0.25, 0.3) is 0 Å². The fraction of sp³-hybridized carbons (Fsp3) is 0.0290. The minimum Gasteiger partial charge on any atom is -0.309 e. The SMILES string of the molecule is Cc1cc(-c2cc3ccccc3c3ccccc23)cc(-n2c3ccccc3c3ccccc32)c1.Cc1cc(-c2ccccc2)cc(-c2cc(-c3ccccc3)cc(-c3ccc(-n4c5ccccc5c5ccccc54)cc3)c2)c1.Cc1cc(-c2ccccc2)cc(-c2ccc(-n3c4ccccc4c4ccccc43)cc2)c1.Cc1cccc(-c2cccc(-c3ccc(-n4c5ccccc5c5ccccc54)cc3)c2)c1. The summed E-state index contributed by atoms with van der Waals surface area (Å²) in [6.45, 7) is 8.69. The van der Waals surface area contributed by atoms with E-state index in [1.807, 2.05) is 0 Å². The van der Waals surface area contributed by atoms with Crippen molar-refractivity contribution in [1.82, 2.24) is 18.3 Å². The minimum atomic E-state index is 1.16. The minimum absolute atomic E-state index is 1.16. The van der Waals surface area contributed by atoms with Crippen LogP contribution < -0.4 is 0 Å². The number of para-hydroxylation sites is 8. The van der Waals surface area contributed by atoms with Crippen molar-refractivity contribution >= 4 is 109 Å². The van der Waals surface area contributed by atoms with Gasteiger partial charge in [-0.05, 0) is 306 Å². The molecule has 4 heteroatoms. The Kier molecular flexibility index (Phi) is 23.0. The molecule has 0 saturated carbocycles. The molecule has 0 saturated heterocycles. The van der Waals surface area contributed by atoms with Gasteiger partial charge < -0.3 is 18.3 Å². The van der Waals surface area contributed by atoms with Crippen LogP contribution in [0.2, 0.25) is 0 Å². The van der Waals surface area contributed by atoms with E-state index in [2.05, 4.69) is 580 Å². The topological polar surface area (TPSA) is 19.7 Å². The fourth-order valence-electron chi connectivity index (χ4n) is 21.5. The zero-order valence-electron chi connectivity index (χ0n) is 79.6. The highest BCUT2D eigenvalue weighted by Gasteiger charge is 2.21. The van der Waals surface area contributed by atoms with Gasteiger partial charge in [-0.25, -0.2) is 0 Å². The van der Waals surface area contributed by atoms with Crippen molar-refractivity contribution in [1.29, 1.82) is 0 Å². The maximum atomic E-state index is 2.41. The van der Waals surface area contributed by atoms with Gasteiger partial charge in [-0.2, -0.15) is 0 Å². The second kappa shape index (κ2) is 37.7. The summed E-state index contributed by atoms with van der Waals surface area (Å²) in [5.74, 6) is 0. The first kappa shape index (κ1) is 86.6. The highest BCUT2D eigenvalue weighted by molar-refractivity contribution is 6.16. The van der Waals surface area contributed by atoms with Crippen molar-refractivity contribution in [3.05, 3.63) is 556 Å². The van der Waals surface area contributed by atoms with Gasteiger partial charge in [-0.3, -0.25) is 0 Å². The molecule has 0 spiro atoms. The van der Waals surface area contributed by atoms with E-state index >= 15 is 0 Å². The predicted molar refractivity (Wildman–Crippen MR) is 606 cm³/mol. The van der Waals surface area contributed by atoms with Gasteiger partial charge in [0, 0.05) is 65.8 Å². The van der Waals surface area contributed by atoms with Crippen LogP contribution in [0.1, 0.15) is 22.3 Å². The molecule has 0 fully saturated rings. The first-order valence-corrected chi connectivity index (χ1v) is 49.1. The van der Waals surface area contributed by atoms with Crippen LogP contribution in [0.25, 0.3) is 232 Å². The number of aromatic nitrogens is 4. The molecule has 0 amide bonds. The van der Waals surface area contributed by atoms with Gasteiger partial charge in [-0.1, -0.05) is 400 Å². The zero-order valence-corrected chi connectivity index (χ0v) is 79.6. The van der Waals surface area contributed by atoms with E-state index in [0.717, 1.165) is 5.69 Å². The molecule has 672 valence electrons. The van der Waals surface area contributed by atoms with Crippen LogP contribution in [0, 0.1) is 27.7 Å². The van der Waals surface area contributed by atoms with E-state index in [-0.39, 0.29) is 0 Å². The van der Waals surface area contributed by atoms with Crippen LogP contribution in [-0.2, 0) is 0 Å². The highest BCUT2D eigenvalue weighted by atomic mass is 15.0. The van der Waals surface area contributed by atoms with Gasteiger partial charge in [0.1, 0.15) is 0 Å². The molecule has 0 radical (unpaired) electrons. The quantitative estimate of drug-likeness (QED) is 0.103. The van der Waals surface area contributed by atoms with E-state index < -0.39 is 0 Å². The number of fused-ring (bicyclic) bond motifs is 15. The number of nitrogens with zero attached hydrogens (tertiary/aromatic N) is 4. The Morgan fingerprint density at radius 2 is 0.331 bits per heavy atom. The Hall–Kier alpha value is -18.2. The molecule has 0 aliphatic carbocycles. The van der Waals surface area contributed by atoms with E-state index in [4.69, 9.17) is 0 Å². The van der Waals surface area contributed by atoms with Crippen LogP contribution in [0.3, 0.4) is 0 Å². The lowest BCUT2D eigenvalue weighted by atomic mass is 9.91. The second-order valence-electron chi connectivity index (χ2n) is 37.4. The highest BCUT2D eigenvalue weighted by Crippen LogP contribution is 2.44. The summed E-state index contributed by atoms with van der Waals surface area (Å²) in [6, 6.07) is 193. The summed E-state index contributed by atoms with van der Waals surface area (Å²) >= 11 is 0. The van der Waals surface area contributed by atoms with Crippen molar-refractivity contribution in [3.8, 4) is 123 Å². The van der Waals surface area contributed by atoms with Gasteiger partial charge in [0.05, 0.1) is 44.1 Å². The number of benzene rings is 23. The molecule has 142 heavy (non-hydrogen) atoms. The van der Waals surface area contributed by atoms with Crippen molar-refractivity contribution < 1.29 is 0 Å². The molecule has 0 atom stereocenters. The summed E-state index contributed by atoms with van der Waals surface area (Å²) in [7, 11) is 0. The van der Waals surface area contributed by atoms with E-state index in [1.54, 1.807) is 0 Å². The van der Waals surface area contributed by atoms with Crippen LogP contribution >= 0.6 is 0 Å². The number of rotatable bonds is 13. The van der Waals surface area contributed by atoms with Gasteiger partial charge in [-0.15, -0.1) is 0 Å². The van der Waals surface area contributed by atoms with E-state index in [9.17, 15) is 0 Å². The molecule has 27 rings (SSSR count). The van der Waals surface area contributed by atoms with E-state index in [1.165, 1.54) is 248 Å². The molecule has 23 aromatic carbocycles. The number of aryl methyl sites for hydroxylation is 4. The molecule has 0 aliphatic heterocycles. The molecule has 0 bridgehead atoms. The summed E-state index contributed by atoms with van der Waals surface area (Å²) in [5, 5.41) is 15.5. The standard InChI is InChI=1S/C43H31N.C33H23N.2C31H23N/c1-30-24-34(31-12-4-2-5-13-31)26-35(25-30)38-28-36(32-14-6-3-7-15-32)27-37(29-38)33-20-22-39(23-21-33)44-42-18-10-8-16-40(42)41-17-9-11-19-43(41)44;1-22-18-24(31-21-23-10-2-3-11-26(23)27-12-4-5-13-28(27)31)20-25(19-22)34-32-16-8-6-14-29(32)30-15-7-9-17-33(30)34;1-22-8-6-9-24(20-22)26-11-7-10-25(21-26)23-16-18-27(19-17-23)32-30-14-4-2-12-28(30)29-13-3-5-15-31(29)32;1-22-19-25(23-9-3-2-4-10-23)21-26(20-22)24-15-17-27(18-16-24)32-30-13-7-5-11-28(30)29-12-6-8-14-31(29)32/h2-29H,1H3;2-21H,1H3;2*2-21H,1H3. The van der Waals surface area contributed by atoms with Crippen LogP contribution in [0.15, 0.2) is 534 Å². The lowest BCUT2D eigenvalue weighted by Crippen LogP contribution is -1.96. The van der Waals surface area contributed by atoms with Gasteiger partial charge in [0.15, 0.2) is 0 Å². The summed E-state index contributed by atoms with van der Waals surface area (Å²) in [4.78, 5) is 0. The van der Waals surface area contributed by atoms with Crippen molar-refractivity contribution in [2.75, 3.05) is 0 Å². The Bertz CT molecular complexity index is 9210. The largest absolute Gasteiger partial charge is 0.309 e. The molecule has 0 aliphatic rings. The molecule has 0 unspecified atom stereocenters. The van der Waals surface area contributed by atoms with Crippen molar-refractivity contribution in [3.63, 3.8) is 0 Å². The fourth-order valence-corrected chi connectivity index (χ4v) is 21.5. The Morgan fingerprint density at radius 3 is 0.683 bits per heavy atom. The van der Waals surface area contributed by atoms with Crippen LogP contribution in [0.4, 0.5) is 0 Å². The molecule has 0 N–H and O–H groups in total.